The van der Waals surface area contributed by atoms with Gasteiger partial charge in [-0.2, -0.15) is 0 Å². The van der Waals surface area contributed by atoms with E-state index < -0.39 is 5.60 Å². The van der Waals surface area contributed by atoms with Crippen molar-refractivity contribution in [2.75, 3.05) is 32.8 Å². The van der Waals surface area contributed by atoms with Crippen LogP contribution in [0.2, 0.25) is 0 Å². The molecule has 4 nitrogen and oxygen atoms in total. The van der Waals surface area contributed by atoms with Crippen LogP contribution in [0.5, 0.6) is 0 Å². The Morgan fingerprint density at radius 1 is 1.67 bits per heavy atom. The van der Waals surface area contributed by atoms with Crippen LogP contribution in [0.1, 0.15) is 6.92 Å². The molecule has 0 aromatic rings. The van der Waals surface area contributed by atoms with Gasteiger partial charge in [0.05, 0.1) is 6.61 Å². The number of hydrogen-bond acceptors (Lipinski definition) is 3. The van der Waals surface area contributed by atoms with Crippen LogP contribution in [0, 0.1) is 0 Å². The lowest BCUT2D eigenvalue weighted by Crippen LogP contribution is -2.71. The van der Waals surface area contributed by atoms with Gasteiger partial charge in [0.2, 0.25) is 0 Å². The molecule has 12 heavy (non-hydrogen) atoms. The number of hydrogen-bond donors (Lipinski definition) is 1. The van der Waals surface area contributed by atoms with Crippen LogP contribution in [-0.4, -0.2) is 49.2 Å². The van der Waals surface area contributed by atoms with Crippen LogP contribution in [0.3, 0.4) is 0 Å². The zero-order chi connectivity index (χ0) is 8.60. The number of rotatable bonds is 1. The summed E-state index contributed by atoms with van der Waals surface area (Å²) in [5, 5.41) is 3.07. The number of amides is 1. The van der Waals surface area contributed by atoms with Crippen LogP contribution < -0.4 is 5.32 Å². The quantitative estimate of drug-likeness (QED) is 0.560. The minimum atomic E-state index is -0.492. The molecule has 0 aromatic carbocycles. The third kappa shape index (κ3) is 0.949. The van der Waals surface area contributed by atoms with Crippen molar-refractivity contribution in [3.63, 3.8) is 0 Å². The van der Waals surface area contributed by atoms with Crippen molar-refractivity contribution in [2.24, 2.45) is 0 Å². The molecule has 0 radical (unpaired) electrons. The van der Waals surface area contributed by atoms with Crippen molar-refractivity contribution in [3.8, 4) is 0 Å². The highest BCUT2D eigenvalue weighted by molar-refractivity contribution is 5.87. The van der Waals surface area contributed by atoms with Gasteiger partial charge >= 0.3 is 0 Å². The van der Waals surface area contributed by atoms with E-state index in [0.717, 1.165) is 13.1 Å². The fraction of sp³-hybridized carbons (Fsp3) is 0.875. The van der Waals surface area contributed by atoms with E-state index in [9.17, 15) is 4.79 Å². The van der Waals surface area contributed by atoms with E-state index in [1.54, 1.807) is 0 Å². The smallest absolute Gasteiger partial charge is 0.257 e. The number of ether oxygens (including phenoxy) is 1. The van der Waals surface area contributed by atoms with Crippen LogP contribution in [0.4, 0.5) is 0 Å². The van der Waals surface area contributed by atoms with Crippen molar-refractivity contribution < 1.29 is 9.53 Å². The molecule has 0 atom stereocenters. The molecule has 1 amide bonds. The topological polar surface area (TPSA) is 41.6 Å². The maximum atomic E-state index is 11.7. The van der Waals surface area contributed by atoms with E-state index in [1.165, 1.54) is 0 Å². The van der Waals surface area contributed by atoms with E-state index in [1.807, 2.05) is 11.8 Å². The van der Waals surface area contributed by atoms with Crippen LogP contribution in [0.25, 0.3) is 0 Å². The number of nitrogens with one attached hydrogen (secondary N) is 1. The lowest BCUT2D eigenvalue weighted by atomic mass is 9.93. The highest BCUT2D eigenvalue weighted by Crippen LogP contribution is 2.23. The third-order valence-electron chi connectivity index (χ3n) is 2.62. The summed E-state index contributed by atoms with van der Waals surface area (Å²) in [4.78, 5) is 13.6. The molecule has 2 saturated heterocycles. The average Bonchev–Trinajstić information content (AvgIpc) is 2.02. The van der Waals surface area contributed by atoms with E-state index in [2.05, 4.69) is 5.32 Å². The van der Waals surface area contributed by atoms with Crippen molar-refractivity contribution in [2.45, 2.75) is 12.5 Å². The van der Waals surface area contributed by atoms with Crippen molar-refractivity contribution in [3.05, 3.63) is 0 Å². The molecular formula is C8H14N2O2. The summed E-state index contributed by atoms with van der Waals surface area (Å²) in [6, 6.07) is 0. The van der Waals surface area contributed by atoms with Crippen LogP contribution >= 0.6 is 0 Å². The zero-order valence-corrected chi connectivity index (χ0v) is 7.30. The summed E-state index contributed by atoms with van der Waals surface area (Å²) in [6.45, 7) is 5.59. The number of carbonyl (C=O) groups is 1. The van der Waals surface area contributed by atoms with Gasteiger partial charge < -0.3 is 15.0 Å². The molecule has 0 saturated carbocycles. The highest BCUT2D eigenvalue weighted by Gasteiger charge is 2.49. The fourth-order valence-corrected chi connectivity index (χ4v) is 1.71. The predicted molar refractivity (Wildman–Crippen MR) is 43.8 cm³/mol. The fourth-order valence-electron chi connectivity index (χ4n) is 1.71. The molecule has 0 aliphatic carbocycles. The second-order valence-electron chi connectivity index (χ2n) is 3.33. The molecule has 2 fully saturated rings. The van der Waals surface area contributed by atoms with Gasteiger partial charge in [0.1, 0.15) is 0 Å². The Hall–Kier alpha value is -0.610. The standard InChI is InChI=1S/C8H14N2O2/c1-2-10-3-4-12-8(7(10)11)5-9-6-8/h9H,2-6H2,1H3. The van der Waals surface area contributed by atoms with Crippen molar-refractivity contribution in [1.82, 2.24) is 10.2 Å². The maximum absolute atomic E-state index is 11.7. The first-order chi connectivity index (χ1) is 5.78. The maximum Gasteiger partial charge on any atom is 0.257 e. The number of morpholine rings is 1. The number of carbonyl (C=O) groups excluding carboxylic acids is 1. The van der Waals surface area contributed by atoms with E-state index >= 15 is 0 Å². The van der Waals surface area contributed by atoms with E-state index in [-0.39, 0.29) is 5.91 Å². The van der Waals surface area contributed by atoms with Gasteiger partial charge in [0, 0.05) is 26.2 Å². The first-order valence-corrected chi connectivity index (χ1v) is 4.42. The molecule has 68 valence electrons. The molecule has 2 heterocycles. The summed E-state index contributed by atoms with van der Waals surface area (Å²) in [6.07, 6.45) is 0. The summed E-state index contributed by atoms with van der Waals surface area (Å²) >= 11 is 0. The van der Waals surface area contributed by atoms with Gasteiger partial charge in [0.25, 0.3) is 5.91 Å². The average molecular weight is 170 g/mol. The lowest BCUT2D eigenvalue weighted by Gasteiger charge is -2.46. The summed E-state index contributed by atoms with van der Waals surface area (Å²) in [5.74, 6) is 0.162. The first kappa shape index (κ1) is 8.01. The molecule has 0 bridgehead atoms. The largest absolute Gasteiger partial charge is 0.361 e. The Balaban J connectivity index is 2.10. The molecule has 0 unspecified atom stereocenters. The van der Waals surface area contributed by atoms with E-state index in [0.29, 0.717) is 19.7 Å². The molecule has 4 heteroatoms. The summed E-state index contributed by atoms with van der Waals surface area (Å²) in [7, 11) is 0. The lowest BCUT2D eigenvalue weighted by molar-refractivity contribution is -0.179. The van der Waals surface area contributed by atoms with Gasteiger partial charge in [-0.15, -0.1) is 0 Å². The molecule has 2 aliphatic heterocycles. The van der Waals surface area contributed by atoms with Gasteiger partial charge in [-0.25, -0.2) is 0 Å². The molecule has 1 N–H and O–H groups in total. The zero-order valence-electron chi connectivity index (χ0n) is 7.30. The van der Waals surface area contributed by atoms with Crippen LogP contribution in [0.15, 0.2) is 0 Å². The Labute approximate surface area is 71.9 Å². The minimum absolute atomic E-state index is 0.162. The first-order valence-electron chi connectivity index (χ1n) is 4.42. The van der Waals surface area contributed by atoms with E-state index in [4.69, 9.17) is 4.74 Å². The van der Waals surface area contributed by atoms with Gasteiger partial charge in [-0.1, -0.05) is 0 Å². The molecular weight excluding hydrogens is 156 g/mol. The monoisotopic (exact) mass is 170 g/mol. The SMILES string of the molecule is CCN1CCOC2(CNC2)C1=O. The number of likely N-dealkylation sites (N-methyl/N-ethyl adjacent to an activating group) is 1. The predicted octanol–water partition coefficient (Wildman–Crippen LogP) is -0.793. The summed E-state index contributed by atoms with van der Waals surface area (Å²) < 4.78 is 5.49. The van der Waals surface area contributed by atoms with Crippen molar-refractivity contribution in [1.29, 1.82) is 0 Å². The Morgan fingerprint density at radius 3 is 2.92 bits per heavy atom. The van der Waals surface area contributed by atoms with Crippen molar-refractivity contribution >= 4 is 5.91 Å². The summed E-state index contributed by atoms with van der Waals surface area (Å²) in [5.41, 5.74) is -0.492. The van der Waals surface area contributed by atoms with Gasteiger partial charge in [-0.3, -0.25) is 4.79 Å². The molecule has 2 rings (SSSR count). The second-order valence-corrected chi connectivity index (χ2v) is 3.33. The Bertz CT molecular complexity index is 201. The Morgan fingerprint density at radius 2 is 2.42 bits per heavy atom. The third-order valence-corrected chi connectivity index (χ3v) is 2.62. The molecule has 2 aliphatic rings. The normalized spacial score (nSPS) is 27.4. The minimum Gasteiger partial charge on any atom is -0.361 e. The van der Waals surface area contributed by atoms with Gasteiger partial charge in [-0.05, 0) is 6.92 Å². The number of nitrogens with zero attached hydrogens (tertiary/aromatic N) is 1. The Kier molecular flexibility index (Phi) is 1.81. The van der Waals surface area contributed by atoms with Crippen LogP contribution in [-0.2, 0) is 9.53 Å². The molecule has 1 spiro atoms. The highest BCUT2D eigenvalue weighted by atomic mass is 16.5. The second kappa shape index (κ2) is 2.71. The molecule has 0 aromatic heterocycles. The van der Waals surface area contributed by atoms with Gasteiger partial charge in [0.15, 0.2) is 5.60 Å².